The van der Waals surface area contributed by atoms with Gasteiger partial charge >= 0.3 is 0 Å². The number of alkyl halides is 2. The number of carbonyl (C=O) groups excluding carboxylic acids is 3. The average Bonchev–Trinajstić information content (AvgIpc) is 2.94. The van der Waals surface area contributed by atoms with E-state index in [0.717, 1.165) is 6.08 Å². The van der Waals surface area contributed by atoms with Crippen LogP contribution >= 0.6 is 0 Å². The summed E-state index contributed by atoms with van der Waals surface area (Å²) in [5, 5.41) is 13.5. The summed E-state index contributed by atoms with van der Waals surface area (Å²) in [6.07, 6.45) is 1.20. The Morgan fingerprint density at radius 1 is 1.23 bits per heavy atom. The lowest BCUT2D eigenvalue weighted by Crippen LogP contribution is -2.68. The van der Waals surface area contributed by atoms with Gasteiger partial charge in [0.2, 0.25) is 5.78 Å². The number of hydrogen-bond donors (Lipinski definition) is 2. The van der Waals surface area contributed by atoms with Crippen LogP contribution in [0.25, 0.3) is 0 Å². The molecule has 30 heavy (non-hydrogen) atoms. The normalized spacial score (nSPS) is 49.6. The summed E-state index contributed by atoms with van der Waals surface area (Å²) in [6, 6.07) is 0. The smallest absolute Gasteiger partial charge is 0.287 e. The summed E-state index contributed by atoms with van der Waals surface area (Å²) in [7, 11) is 1.39. The SMILES string of the molecule is CNC(=O)C(=O)[C@H]1[C@H](C)C[C@H]2[C@@H]3C[C@H](F)C4=CC(=O)C=C[C@]4(C)[C@@]3(F)[C@@H](O)C[C@@]21C. The van der Waals surface area contributed by atoms with Crippen LogP contribution in [-0.2, 0) is 14.4 Å². The Morgan fingerprint density at radius 3 is 2.53 bits per heavy atom. The Hall–Kier alpha value is -1.89. The van der Waals surface area contributed by atoms with Crippen molar-refractivity contribution in [3.63, 3.8) is 0 Å². The van der Waals surface area contributed by atoms with Crippen molar-refractivity contribution in [3.05, 3.63) is 23.8 Å². The fourth-order valence-corrected chi connectivity index (χ4v) is 7.39. The van der Waals surface area contributed by atoms with E-state index in [1.165, 1.54) is 19.2 Å². The predicted octanol–water partition coefficient (Wildman–Crippen LogP) is 2.48. The van der Waals surface area contributed by atoms with Gasteiger partial charge in [-0.05, 0) is 61.2 Å². The number of rotatable bonds is 2. The third-order valence-electron chi connectivity index (χ3n) is 8.70. The van der Waals surface area contributed by atoms with Crippen LogP contribution in [0.3, 0.4) is 0 Å². The van der Waals surface area contributed by atoms with E-state index in [9.17, 15) is 19.5 Å². The van der Waals surface area contributed by atoms with E-state index >= 15 is 8.78 Å². The van der Waals surface area contributed by atoms with Crippen molar-refractivity contribution in [1.29, 1.82) is 0 Å². The first-order valence-corrected chi connectivity index (χ1v) is 10.6. The Kier molecular flexibility index (Phi) is 4.66. The average molecular weight is 421 g/mol. The minimum atomic E-state index is -2.16. The molecule has 0 aromatic carbocycles. The molecular weight excluding hydrogens is 392 g/mol. The number of aliphatic hydroxyl groups excluding tert-OH is 1. The Balaban J connectivity index is 1.81. The first kappa shape index (κ1) is 21.3. The highest BCUT2D eigenvalue weighted by Crippen LogP contribution is 2.70. The third kappa shape index (κ3) is 2.44. The largest absolute Gasteiger partial charge is 0.390 e. The summed E-state index contributed by atoms with van der Waals surface area (Å²) in [6.45, 7) is 5.25. The van der Waals surface area contributed by atoms with Crippen molar-refractivity contribution in [1.82, 2.24) is 5.32 Å². The molecule has 9 atom stereocenters. The molecule has 0 radical (unpaired) electrons. The second-order valence-corrected chi connectivity index (χ2v) is 10.1. The quantitative estimate of drug-likeness (QED) is 0.671. The van der Waals surface area contributed by atoms with Crippen LogP contribution in [0.4, 0.5) is 8.78 Å². The van der Waals surface area contributed by atoms with Gasteiger partial charge in [-0.1, -0.05) is 19.9 Å². The highest BCUT2D eigenvalue weighted by molar-refractivity contribution is 6.37. The highest BCUT2D eigenvalue weighted by atomic mass is 19.1. The molecule has 0 aliphatic heterocycles. The maximum absolute atomic E-state index is 16.9. The summed E-state index contributed by atoms with van der Waals surface area (Å²) in [5.74, 6) is -3.67. The number of likely N-dealkylation sites (N-methyl/N-ethyl adjacent to an activating group) is 1. The van der Waals surface area contributed by atoms with Gasteiger partial charge in [0.1, 0.15) is 6.17 Å². The zero-order chi connectivity index (χ0) is 22.2. The molecule has 1 amide bonds. The maximum atomic E-state index is 16.9. The molecule has 0 aromatic rings. The molecule has 0 heterocycles. The number of nitrogens with one attached hydrogen (secondary N) is 1. The molecule has 4 aliphatic rings. The van der Waals surface area contributed by atoms with Crippen molar-refractivity contribution in [3.8, 4) is 0 Å². The number of halogens is 2. The van der Waals surface area contributed by atoms with Crippen molar-refractivity contribution in [2.24, 2.45) is 34.5 Å². The number of amides is 1. The van der Waals surface area contributed by atoms with Crippen LogP contribution in [0, 0.1) is 34.5 Å². The van der Waals surface area contributed by atoms with Gasteiger partial charge in [-0.2, -0.15) is 0 Å². The maximum Gasteiger partial charge on any atom is 0.287 e. The minimum absolute atomic E-state index is 0.00398. The first-order chi connectivity index (χ1) is 13.9. The Labute approximate surface area is 175 Å². The van der Waals surface area contributed by atoms with Gasteiger partial charge in [-0.3, -0.25) is 14.4 Å². The molecule has 0 bridgehead atoms. The summed E-state index contributed by atoms with van der Waals surface area (Å²) < 4.78 is 32.2. The number of carbonyl (C=O) groups is 3. The van der Waals surface area contributed by atoms with Gasteiger partial charge in [0, 0.05) is 24.3 Å². The molecule has 2 N–H and O–H groups in total. The van der Waals surface area contributed by atoms with Gasteiger partial charge in [0.25, 0.3) is 5.91 Å². The summed E-state index contributed by atoms with van der Waals surface area (Å²) >= 11 is 0. The van der Waals surface area contributed by atoms with E-state index in [0.29, 0.717) is 6.42 Å². The van der Waals surface area contributed by atoms with Gasteiger partial charge in [-0.25, -0.2) is 8.78 Å². The van der Waals surface area contributed by atoms with Crippen LogP contribution in [0.15, 0.2) is 23.8 Å². The van der Waals surface area contributed by atoms with Gasteiger partial charge in [0.15, 0.2) is 11.5 Å². The molecule has 0 unspecified atom stereocenters. The van der Waals surface area contributed by atoms with Crippen LogP contribution in [-0.4, -0.2) is 47.6 Å². The van der Waals surface area contributed by atoms with Crippen molar-refractivity contribution in [2.45, 2.75) is 58.0 Å². The van der Waals surface area contributed by atoms with E-state index in [4.69, 9.17) is 0 Å². The number of Topliss-reactive ketones (excluding diaryl/α,β-unsaturated/α-hetero) is 1. The first-order valence-electron chi connectivity index (χ1n) is 10.6. The second-order valence-electron chi connectivity index (χ2n) is 10.1. The minimum Gasteiger partial charge on any atom is -0.390 e. The number of fused-ring (bicyclic) bond motifs is 5. The molecule has 0 aromatic heterocycles. The molecule has 0 spiro atoms. The van der Waals surface area contributed by atoms with Crippen LogP contribution < -0.4 is 5.32 Å². The van der Waals surface area contributed by atoms with Gasteiger partial charge in [0.05, 0.1) is 6.10 Å². The monoisotopic (exact) mass is 421 g/mol. The van der Waals surface area contributed by atoms with Crippen LogP contribution in [0.2, 0.25) is 0 Å². The number of hydrogen-bond acceptors (Lipinski definition) is 4. The fourth-order valence-electron chi connectivity index (χ4n) is 7.39. The number of allylic oxidation sites excluding steroid dienone is 4. The molecule has 4 rings (SSSR count). The Bertz CT molecular complexity index is 884. The zero-order valence-corrected chi connectivity index (χ0v) is 17.7. The topological polar surface area (TPSA) is 83.5 Å². The van der Waals surface area contributed by atoms with Crippen molar-refractivity contribution in [2.75, 3.05) is 7.05 Å². The van der Waals surface area contributed by atoms with E-state index in [1.807, 2.05) is 13.8 Å². The molecular formula is C23H29F2NO4. The van der Waals surface area contributed by atoms with E-state index < -0.39 is 52.3 Å². The predicted molar refractivity (Wildman–Crippen MR) is 106 cm³/mol. The highest BCUT2D eigenvalue weighted by Gasteiger charge is 2.73. The third-order valence-corrected chi connectivity index (χ3v) is 8.70. The molecule has 164 valence electrons. The van der Waals surface area contributed by atoms with Crippen molar-refractivity contribution >= 4 is 17.5 Å². The van der Waals surface area contributed by atoms with Gasteiger partial charge in [-0.15, -0.1) is 0 Å². The fraction of sp³-hybridized carbons (Fsp3) is 0.696. The standard InChI is InChI=1S/C23H29F2NO4/c1-11-7-13-14-9-16(24)15-8-12(27)5-6-22(15,3)23(14,25)17(28)10-21(13,2)18(11)19(29)20(30)26-4/h5-6,8,11,13-14,16-18,28H,7,9-10H2,1-4H3,(H,26,30)/t11-,13+,14+,16+,17+,18-,21+,22+,23+/m1/s1. The van der Waals surface area contributed by atoms with E-state index in [-0.39, 0.29) is 36.0 Å². The van der Waals surface area contributed by atoms with E-state index in [1.54, 1.807) is 6.92 Å². The lowest BCUT2D eigenvalue weighted by Gasteiger charge is -2.62. The Morgan fingerprint density at radius 2 is 1.90 bits per heavy atom. The molecule has 0 saturated heterocycles. The molecule has 7 heteroatoms. The van der Waals surface area contributed by atoms with Crippen LogP contribution in [0.5, 0.6) is 0 Å². The number of ketones is 2. The molecule has 4 aliphatic carbocycles. The molecule has 3 fully saturated rings. The van der Waals surface area contributed by atoms with Crippen LogP contribution in [0.1, 0.15) is 40.0 Å². The summed E-state index contributed by atoms with van der Waals surface area (Å²) in [5.41, 5.74) is -4.32. The zero-order valence-electron chi connectivity index (χ0n) is 17.7. The summed E-state index contributed by atoms with van der Waals surface area (Å²) in [4.78, 5) is 36.8. The molecule has 5 nitrogen and oxygen atoms in total. The lowest BCUT2D eigenvalue weighted by atomic mass is 9.45. The second kappa shape index (κ2) is 6.55. The van der Waals surface area contributed by atoms with E-state index in [2.05, 4.69) is 5.32 Å². The number of aliphatic hydroxyl groups is 1. The molecule has 3 saturated carbocycles. The van der Waals surface area contributed by atoms with Gasteiger partial charge < -0.3 is 10.4 Å². The van der Waals surface area contributed by atoms with Crippen molar-refractivity contribution < 1.29 is 28.3 Å². The lowest BCUT2D eigenvalue weighted by molar-refractivity contribution is -0.202.